The maximum Gasteiger partial charge on any atom is 0.414 e. The molecule has 2 heterocycles. The van der Waals surface area contributed by atoms with E-state index in [9.17, 15) is 14.7 Å². The number of benzene rings is 2. The summed E-state index contributed by atoms with van der Waals surface area (Å²) < 4.78 is 10.6. The van der Waals surface area contributed by atoms with E-state index in [-0.39, 0.29) is 23.8 Å². The number of hydrogen-bond donors (Lipinski definition) is 1. The predicted molar refractivity (Wildman–Crippen MR) is 130 cm³/mol. The van der Waals surface area contributed by atoms with E-state index in [0.717, 1.165) is 11.3 Å². The molecule has 1 aliphatic carbocycles. The van der Waals surface area contributed by atoms with Crippen molar-refractivity contribution in [3.8, 4) is 11.5 Å². The lowest BCUT2D eigenvalue weighted by Gasteiger charge is -2.40. The van der Waals surface area contributed by atoms with Crippen LogP contribution in [0.15, 0.2) is 42.5 Å². The van der Waals surface area contributed by atoms with Crippen molar-refractivity contribution < 1.29 is 24.2 Å². The highest BCUT2D eigenvalue weighted by molar-refractivity contribution is 5.97. The molecule has 0 unspecified atom stereocenters. The highest BCUT2D eigenvalue weighted by Gasteiger charge is 2.35. The fourth-order valence-corrected chi connectivity index (χ4v) is 4.94. The van der Waals surface area contributed by atoms with Crippen molar-refractivity contribution in [2.75, 3.05) is 25.1 Å². The number of para-hydroxylation sites is 1. The van der Waals surface area contributed by atoms with Crippen molar-refractivity contribution in [3.05, 3.63) is 53.6 Å². The Morgan fingerprint density at radius 1 is 1.00 bits per heavy atom. The molecule has 0 spiro atoms. The van der Waals surface area contributed by atoms with Crippen molar-refractivity contribution in [2.45, 2.75) is 64.0 Å². The summed E-state index contributed by atoms with van der Waals surface area (Å²) in [5.74, 6) is 0.256. The molecular weight excluding hydrogens is 432 g/mol. The fourth-order valence-electron chi connectivity index (χ4n) is 4.94. The smallest absolute Gasteiger partial charge is 0.414 e. The number of piperidine rings is 1. The summed E-state index contributed by atoms with van der Waals surface area (Å²) in [4.78, 5) is 28.8. The Morgan fingerprint density at radius 2 is 1.65 bits per heavy atom. The third-order valence-electron chi connectivity index (χ3n) is 6.83. The minimum atomic E-state index is -0.330. The van der Waals surface area contributed by atoms with Crippen LogP contribution in [0.2, 0.25) is 0 Å². The highest BCUT2D eigenvalue weighted by Crippen LogP contribution is 2.32. The molecule has 0 aromatic heterocycles. The first-order valence-corrected chi connectivity index (χ1v) is 12.3. The molecule has 2 fully saturated rings. The molecule has 2 aromatic rings. The molecule has 0 bridgehead atoms. The second-order valence-corrected chi connectivity index (χ2v) is 9.08. The van der Waals surface area contributed by atoms with Crippen molar-refractivity contribution in [3.63, 3.8) is 0 Å². The first-order chi connectivity index (χ1) is 16.6. The molecule has 2 aliphatic heterocycles. The van der Waals surface area contributed by atoms with Gasteiger partial charge >= 0.3 is 6.09 Å². The number of amides is 2. The van der Waals surface area contributed by atoms with Crippen LogP contribution in [-0.4, -0.2) is 48.2 Å². The lowest BCUT2D eigenvalue weighted by atomic mass is 10.00. The van der Waals surface area contributed by atoms with Crippen molar-refractivity contribution >= 4 is 17.7 Å². The van der Waals surface area contributed by atoms with Gasteiger partial charge in [-0.25, -0.2) is 4.79 Å². The molecule has 1 saturated heterocycles. The number of cyclic esters (lactones) is 1. The maximum atomic E-state index is 12.9. The van der Waals surface area contributed by atoms with E-state index in [1.807, 2.05) is 24.3 Å². The topological polar surface area (TPSA) is 79.3 Å². The Morgan fingerprint density at radius 3 is 2.29 bits per heavy atom. The molecule has 3 aliphatic rings. The van der Waals surface area contributed by atoms with E-state index >= 15 is 0 Å². The maximum absolute atomic E-state index is 12.9. The lowest BCUT2D eigenvalue weighted by molar-refractivity contribution is 0.0705. The average molecular weight is 467 g/mol. The summed E-state index contributed by atoms with van der Waals surface area (Å²) in [6, 6.07) is 12.2. The van der Waals surface area contributed by atoms with Gasteiger partial charge in [0.25, 0.3) is 5.91 Å². The van der Waals surface area contributed by atoms with E-state index in [1.54, 1.807) is 15.9 Å². The van der Waals surface area contributed by atoms with Crippen LogP contribution in [-0.2, 0) is 11.3 Å². The molecule has 34 heavy (non-hydrogen) atoms. The summed E-state index contributed by atoms with van der Waals surface area (Å²) in [7, 11) is 1.47. The number of hydrogen-bond acceptors (Lipinski definition) is 5. The SMILES string of the molecule is C1CCCCC1.COc1cc(O)ccc1C(=O)N1CCC(N2C(=O)OCc3ccccc32)CC1. The zero-order valence-electron chi connectivity index (χ0n) is 19.9. The number of nitrogens with zero attached hydrogens (tertiary/aromatic N) is 2. The molecule has 7 heteroatoms. The number of anilines is 1. The van der Waals surface area contributed by atoms with Crippen LogP contribution in [0.1, 0.15) is 67.3 Å². The molecular formula is C27H34N2O5. The number of methoxy groups -OCH3 is 1. The molecule has 0 radical (unpaired) electrons. The number of phenolic OH excluding ortho intramolecular Hbond substituents is 1. The molecule has 1 saturated carbocycles. The summed E-state index contributed by atoms with van der Waals surface area (Å²) >= 11 is 0. The Bertz CT molecular complexity index is 985. The van der Waals surface area contributed by atoms with Crippen LogP contribution < -0.4 is 9.64 Å². The van der Waals surface area contributed by atoms with Gasteiger partial charge in [-0.1, -0.05) is 56.7 Å². The Labute approximate surface area is 201 Å². The van der Waals surface area contributed by atoms with Gasteiger partial charge < -0.3 is 19.5 Å². The number of fused-ring (bicyclic) bond motifs is 1. The van der Waals surface area contributed by atoms with E-state index in [0.29, 0.717) is 43.9 Å². The molecule has 7 nitrogen and oxygen atoms in total. The van der Waals surface area contributed by atoms with E-state index in [4.69, 9.17) is 9.47 Å². The number of ether oxygens (including phenoxy) is 2. The highest BCUT2D eigenvalue weighted by atomic mass is 16.6. The van der Waals surface area contributed by atoms with Crippen molar-refractivity contribution in [1.82, 2.24) is 4.90 Å². The predicted octanol–water partition coefficient (Wildman–Crippen LogP) is 5.50. The van der Waals surface area contributed by atoms with Crippen LogP contribution in [0.3, 0.4) is 0 Å². The molecule has 5 rings (SSSR count). The van der Waals surface area contributed by atoms with Crippen LogP contribution in [0.5, 0.6) is 11.5 Å². The molecule has 1 N–H and O–H groups in total. The normalized spacial score (nSPS) is 18.3. The number of rotatable bonds is 3. The van der Waals surface area contributed by atoms with Crippen molar-refractivity contribution in [1.29, 1.82) is 0 Å². The number of phenols is 1. The zero-order chi connectivity index (χ0) is 23.9. The third kappa shape index (κ3) is 5.46. The number of carbonyl (C=O) groups is 2. The van der Waals surface area contributed by atoms with Crippen molar-refractivity contribution in [2.24, 2.45) is 0 Å². The monoisotopic (exact) mass is 466 g/mol. The van der Waals surface area contributed by atoms with Gasteiger partial charge in [-0.3, -0.25) is 9.69 Å². The minimum absolute atomic E-state index is 0.0142. The molecule has 2 aromatic carbocycles. The van der Waals surface area contributed by atoms with Gasteiger partial charge in [0.1, 0.15) is 18.1 Å². The standard InChI is InChI=1S/C21H22N2O5.C6H12/c1-27-19-12-16(24)6-7-17(19)20(25)22-10-8-15(9-11-22)23-18-5-3-2-4-14(18)13-28-21(23)26;1-2-4-6-5-3-1/h2-7,12,15,24H,8-11,13H2,1H3;1-6H2. The summed E-state index contributed by atoms with van der Waals surface area (Å²) in [6.07, 6.45) is 9.99. The second-order valence-electron chi connectivity index (χ2n) is 9.08. The summed E-state index contributed by atoms with van der Waals surface area (Å²) in [5.41, 5.74) is 2.31. The van der Waals surface area contributed by atoms with Gasteiger partial charge in [-0.2, -0.15) is 0 Å². The Kier molecular flexibility index (Phi) is 7.93. The quantitative estimate of drug-likeness (QED) is 0.646. The Balaban J connectivity index is 0.000000398. The van der Waals surface area contributed by atoms with Gasteiger partial charge in [-0.05, 0) is 31.0 Å². The number of aromatic hydroxyl groups is 1. The first kappa shape index (κ1) is 23.9. The minimum Gasteiger partial charge on any atom is -0.508 e. The van der Waals surface area contributed by atoms with Gasteiger partial charge in [0.05, 0.1) is 18.4 Å². The lowest BCUT2D eigenvalue weighted by Crippen LogP contribution is -2.50. The third-order valence-corrected chi connectivity index (χ3v) is 6.83. The summed E-state index contributed by atoms with van der Waals surface area (Å²) in [5, 5.41) is 9.59. The first-order valence-electron chi connectivity index (χ1n) is 12.3. The average Bonchev–Trinajstić information content (AvgIpc) is 2.89. The summed E-state index contributed by atoms with van der Waals surface area (Å²) in [6.45, 7) is 1.35. The fraction of sp³-hybridized carbons (Fsp3) is 0.481. The largest absolute Gasteiger partial charge is 0.508 e. The zero-order valence-corrected chi connectivity index (χ0v) is 19.9. The van der Waals surface area contributed by atoms with E-state index in [1.165, 1.54) is 57.8 Å². The number of carbonyl (C=O) groups excluding carboxylic acids is 2. The van der Waals surface area contributed by atoms with E-state index in [2.05, 4.69) is 0 Å². The second kappa shape index (κ2) is 11.3. The molecule has 182 valence electrons. The molecule has 0 atom stereocenters. The van der Waals surface area contributed by atoms with Crippen LogP contribution >= 0.6 is 0 Å². The van der Waals surface area contributed by atoms with Gasteiger partial charge in [-0.15, -0.1) is 0 Å². The van der Waals surface area contributed by atoms with Gasteiger partial charge in [0.2, 0.25) is 0 Å². The van der Waals surface area contributed by atoms with Gasteiger partial charge in [0, 0.05) is 30.8 Å². The van der Waals surface area contributed by atoms with Crippen LogP contribution in [0, 0.1) is 0 Å². The van der Waals surface area contributed by atoms with Crippen LogP contribution in [0.4, 0.5) is 10.5 Å². The van der Waals surface area contributed by atoms with Gasteiger partial charge in [0.15, 0.2) is 0 Å². The number of likely N-dealkylation sites (tertiary alicyclic amines) is 1. The molecule has 2 amide bonds. The Hall–Kier alpha value is -3.22. The van der Waals surface area contributed by atoms with E-state index < -0.39 is 0 Å². The van der Waals surface area contributed by atoms with Crippen LogP contribution in [0.25, 0.3) is 0 Å².